The Labute approximate surface area is 164 Å². The Morgan fingerprint density at radius 3 is 2.52 bits per heavy atom. The third-order valence-corrected chi connectivity index (χ3v) is 6.35. The smallest absolute Gasteiger partial charge is 0.243 e. The predicted molar refractivity (Wildman–Crippen MR) is 105 cm³/mol. The standard InChI is InChI=1S/C18H24ClN3O4S/c1-4-22(5-2)27(24,25)15-8-9-16(19)17(11-15)20-18(23)13-21(3)12-14-7-6-10-26-14/h6-11H,4-5,12-13H2,1-3H3,(H,20,23). The molecule has 0 aliphatic rings. The highest BCUT2D eigenvalue weighted by molar-refractivity contribution is 7.89. The van der Waals surface area contributed by atoms with E-state index in [1.165, 1.54) is 22.5 Å². The quantitative estimate of drug-likeness (QED) is 0.683. The van der Waals surface area contributed by atoms with E-state index in [0.717, 1.165) is 5.76 Å². The first-order valence-electron chi connectivity index (χ1n) is 8.58. The second-order valence-electron chi connectivity index (χ2n) is 6.03. The topological polar surface area (TPSA) is 82.9 Å². The summed E-state index contributed by atoms with van der Waals surface area (Å²) in [6, 6.07) is 7.91. The first-order valence-corrected chi connectivity index (χ1v) is 10.4. The minimum Gasteiger partial charge on any atom is -0.468 e. The lowest BCUT2D eigenvalue weighted by atomic mass is 10.3. The molecule has 0 aliphatic carbocycles. The van der Waals surface area contributed by atoms with Crippen LogP contribution < -0.4 is 5.32 Å². The lowest BCUT2D eigenvalue weighted by Crippen LogP contribution is -2.31. The number of halogens is 1. The number of anilines is 1. The van der Waals surface area contributed by atoms with Gasteiger partial charge in [0.2, 0.25) is 15.9 Å². The van der Waals surface area contributed by atoms with Gasteiger partial charge in [-0.3, -0.25) is 9.69 Å². The van der Waals surface area contributed by atoms with Crippen LogP contribution in [-0.2, 0) is 21.4 Å². The predicted octanol–water partition coefficient (Wildman–Crippen LogP) is 3.03. The number of rotatable bonds is 9. The summed E-state index contributed by atoms with van der Waals surface area (Å²) < 4.78 is 31.9. The van der Waals surface area contributed by atoms with Crippen molar-refractivity contribution in [3.8, 4) is 0 Å². The van der Waals surface area contributed by atoms with Crippen molar-refractivity contribution in [3.63, 3.8) is 0 Å². The van der Waals surface area contributed by atoms with Gasteiger partial charge in [-0.25, -0.2) is 8.42 Å². The molecule has 0 radical (unpaired) electrons. The molecule has 0 saturated heterocycles. The fraction of sp³-hybridized carbons (Fsp3) is 0.389. The van der Waals surface area contributed by atoms with Crippen LogP contribution in [0.15, 0.2) is 45.9 Å². The van der Waals surface area contributed by atoms with Crippen molar-refractivity contribution < 1.29 is 17.6 Å². The van der Waals surface area contributed by atoms with E-state index in [1.54, 1.807) is 38.1 Å². The first-order chi connectivity index (χ1) is 12.8. The molecule has 0 bridgehead atoms. The van der Waals surface area contributed by atoms with E-state index in [9.17, 15) is 13.2 Å². The third-order valence-electron chi connectivity index (χ3n) is 3.97. The van der Waals surface area contributed by atoms with Crippen molar-refractivity contribution in [1.82, 2.24) is 9.21 Å². The van der Waals surface area contributed by atoms with E-state index in [0.29, 0.717) is 19.6 Å². The van der Waals surface area contributed by atoms with Crippen LogP contribution in [0.2, 0.25) is 5.02 Å². The summed E-state index contributed by atoms with van der Waals surface area (Å²) in [5, 5.41) is 2.96. The van der Waals surface area contributed by atoms with Gasteiger partial charge in [-0.05, 0) is 37.4 Å². The number of benzene rings is 1. The van der Waals surface area contributed by atoms with E-state index >= 15 is 0 Å². The highest BCUT2D eigenvalue weighted by Gasteiger charge is 2.23. The zero-order chi connectivity index (χ0) is 20.0. The van der Waals surface area contributed by atoms with Crippen LogP contribution in [0.4, 0.5) is 5.69 Å². The fourth-order valence-corrected chi connectivity index (χ4v) is 4.28. The molecule has 7 nitrogen and oxygen atoms in total. The lowest BCUT2D eigenvalue weighted by Gasteiger charge is -2.19. The van der Waals surface area contributed by atoms with Crippen LogP contribution >= 0.6 is 11.6 Å². The maximum absolute atomic E-state index is 12.7. The van der Waals surface area contributed by atoms with Crippen molar-refractivity contribution >= 4 is 33.2 Å². The van der Waals surface area contributed by atoms with E-state index in [1.807, 2.05) is 6.07 Å². The molecule has 9 heteroatoms. The molecule has 2 rings (SSSR count). The molecule has 1 aromatic carbocycles. The van der Waals surface area contributed by atoms with Crippen molar-refractivity contribution in [2.45, 2.75) is 25.3 Å². The monoisotopic (exact) mass is 413 g/mol. The maximum atomic E-state index is 12.7. The van der Waals surface area contributed by atoms with E-state index in [2.05, 4.69) is 5.32 Å². The number of carbonyl (C=O) groups excluding carboxylic acids is 1. The molecule has 1 aromatic heterocycles. The van der Waals surface area contributed by atoms with Crippen LogP contribution in [0, 0.1) is 0 Å². The van der Waals surface area contributed by atoms with Gasteiger partial charge in [0.1, 0.15) is 5.76 Å². The number of furan rings is 1. The van der Waals surface area contributed by atoms with Gasteiger partial charge in [0, 0.05) is 13.1 Å². The second-order valence-corrected chi connectivity index (χ2v) is 8.38. The summed E-state index contributed by atoms with van der Waals surface area (Å²) in [5.41, 5.74) is 0.265. The van der Waals surface area contributed by atoms with Crippen molar-refractivity contribution in [2.75, 3.05) is 32.0 Å². The highest BCUT2D eigenvalue weighted by Crippen LogP contribution is 2.27. The third kappa shape index (κ3) is 5.55. The highest BCUT2D eigenvalue weighted by atomic mass is 35.5. The zero-order valence-electron chi connectivity index (χ0n) is 15.6. The van der Waals surface area contributed by atoms with E-state index in [-0.39, 0.29) is 28.1 Å². The minimum absolute atomic E-state index is 0.0924. The lowest BCUT2D eigenvalue weighted by molar-refractivity contribution is -0.117. The average Bonchev–Trinajstić information content (AvgIpc) is 3.10. The SMILES string of the molecule is CCN(CC)S(=O)(=O)c1ccc(Cl)c(NC(=O)CN(C)Cc2ccco2)c1. The number of nitrogens with zero attached hydrogens (tertiary/aromatic N) is 2. The van der Waals surface area contributed by atoms with Crippen LogP contribution in [0.5, 0.6) is 0 Å². The summed E-state index contributed by atoms with van der Waals surface area (Å²) in [6.45, 7) is 4.85. The number of nitrogens with one attached hydrogen (secondary N) is 1. The molecule has 2 aromatic rings. The molecule has 1 amide bonds. The Morgan fingerprint density at radius 2 is 1.93 bits per heavy atom. The van der Waals surface area contributed by atoms with Crippen molar-refractivity contribution in [2.24, 2.45) is 0 Å². The number of hydrogen-bond acceptors (Lipinski definition) is 5. The summed E-state index contributed by atoms with van der Waals surface area (Å²) in [5.74, 6) is 0.444. The molecule has 0 saturated carbocycles. The van der Waals surface area contributed by atoms with Crippen LogP contribution in [0.3, 0.4) is 0 Å². The van der Waals surface area contributed by atoms with Crippen LogP contribution in [0.25, 0.3) is 0 Å². The molecule has 0 spiro atoms. The van der Waals surface area contributed by atoms with Crippen molar-refractivity contribution in [3.05, 3.63) is 47.4 Å². The fourth-order valence-electron chi connectivity index (χ4n) is 2.63. The molecular weight excluding hydrogens is 390 g/mol. The average molecular weight is 414 g/mol. The molecule has 0 aliphatic heterocycles. The van der Waals surface area contributed by atoms with Gasteiger partial charge in [0.25, 0.3) is 0 Å². The zero-order valence-corrected chi connectivity index (χ0v) is 17.2. The largest absolute Gasteiger partial charge is 0.468 e. The Kier molecular flexibility index (Phi) is 7.43. The van der Waals surface area contributed by atoms with Gasteiger partial charge in [-0.15, -0.1) is 0 Å². The number of likely N-dealkylation sites (N-methyl/N-ethyl adjacent to an activating group) is 1. The molecular formula is C18H24ClN3O4S. The molecule has 27 heavy (non-hydrogen) atoms. The first kappa shape index (κ1) is 21.4. The van der Waals surface area contributed by atoms with Gasteiger partial charge >= 0.3 is 0 Å². The van der Waals surface area contributed by atoms with Crippen molar-refractivity contribution in [1.29, 1.82) is 0 Å². The summed E-state index contributed by atoms with van der Waals surface area (Å²) in [6.07, 6.45) is 1.57. The molecule has 0 atom stereocenters. The van der Waals surface area contributed by atoms with Gasteiger partial charge < -0.3 is 9.73 Å². The Morgan fingerprint density at radius 1 is 1.22 bits per heavy atom. The van der Waals surface area contributed by atoms with E-state index < -0.39 is 10.0 Å². The van der Waals surface area contributed by atoms with Gasteiger partial charge in [-0.1, -0.05) is 25.4 Å². The Hall–Kier alpha value is -1.87. The summed E-state index contributed by atoms with van der Waals surface area (Å²) >= 11 is 6.14. The normalized spacial score (nSPS) is 11.9. The molecule has 0 unspecified atom stereocenters. The number of carbonyl (C=O) groups is 1. The number of amides is 1. The molecule has 1 heterocycles. The Balaban J connectivity index is 2.10. The number of sulfonamides is 1. The molecule has 0 fully saturated rings. The summed E-state index contributed by atoms with van der Waals surface area (Å²) in [7, 11) is -1.85. The minimum atomic E-state index is -3.63. The van der Waals surface area contributed by atoms with Crippen LogP contribution in [-0.4, -0.2) is 50.2 Å². The molecule has 148 valence electrons. The maximum Gasteiger partial charge on any atom is 0.243 e. The Bertz CT molecular complexity index is 865. The summed E-state index contributed by atoms with van der Waals surface area (Å²) in [4.78, 5) is 14.2. The van der Waals surface area contributed by atoms with Gasteiger partial charge in [0.05, 0.1) is 35.0 Å². The number of hydrogen-bond donors (Lipinski definition) is 1. The second kappa shape index (κ2) is 9.36. The molecule has 1 N–H and O–H groups in total. The van der Waals surface area contributed by atoms with Gasteiger partial charge in [0.15, 0.2) is 0 Å². The van der Waals surface area contributed by atoms with Gasteiger partial charge in [-0.2, -0.15) is 4.31 Å². The van der Waals surface area contributed by atoms with Crippen LogP contribution in [0.1, 0.15) is 19.6 Å². The van der Waals surface area contributed by atoms with E-state index in [4.69, 9.17) is 16.0 Å².